The molecule has 0 radical (unpaired) electrons. The number of pyridine rings is 1. The van der Waals surface area contributed by atoms with E-state index in [4.69, 9.17) is 5.11 Å². The van der Waals surface area contributed by atoms with Gasteiger partial charge in [0.2, 0.25) is 0 Å². The normalized spacial score (nSPS) is 16.4. The van der Waals surface area contributed by atoms with Gasteiger partial charge in [0, 0.05) is 32.4 Å². The lowest BCUT2D eigenvalue weighted by Gasteiger charge is -2.33. The summed E-state index contributed by atoms with van der Waals surface area (Å²) in [6.07, 6.45) is 2.38. The molecule has 7 heteroatoms. The van der Waals surface area contributed by atoms with E-state index in [-0.39, 0.29) is 18.0 Å². The number of amides is 1. The lowest BCUT2D eigenvalue weighted by Crippen LogP contribution is -2.50. The van der Waals surface area contributed by atoms with Crippen LogP contribution < -0.4 is 0 Å². The summed E-state index contributed by atoms with van der Waals surface area (Å²) in [6.45, 7) is 1.71. The number of carboxylic acids is 1. The van der Waals surface area contributed by atoms with Crippen LogP contribution in [0.25, 0.3) is 0 Å². The van der Waals surface area contributed by atoms with E-state index in [2.05, 4.69) is 4.98 Å². The van der Waals surface area contributed by atoms with Crippen LogP contribution in [0.15, 0.2) is 18.5 Å². The van der Waals surface area contributed by atoms with Crippen LogP contribution in [-0.2, 0) is 4.79 Å². The highest BCUT2D eigenvalue weighted by Gasteiger charge is 2.24. The van der Waals surface area contributed by atoms with Gasteiger partial charge in [-0.3, -0.25) is 19.5 Å². The molecule has 0 aromatic carbocycles. The molecule has 1 aliphatic rings. The molecular weight excluding hydrogens is 253 g/mol. The Morgan fingerprint density at radius 1 is 1.32 bits per heavy atom. The first-order chi connectivity index (χ1) is 9.08. The number of rotatable bonds is 3. The van der Waals surface area contributed by atoms with Gasteiger partial charge in [-0.15, -0.1) is 0 Å². The molecule has 0 atom stereocenters. The van der Waals surface area contributed by atoms with Crippen molar-refractivity contribution in [2.45, 2.75) is 0 Å². The van der Waals surface area contributed by atoms with Crippen molar-refractivity contribution in [3.63, 3.8) is 0 Å². The Bertz CT molecular complexity index is 487. The Morgan fingerprint density at radius 3 is 2.58 bits per heavy atom. The van der Waals surface area contributed by atoms with Gasteiger partial charge in [0.1, 0.15) is 0 Å². The number of nitrogens with zero attached hydrogens (tertiary/aromatic N) is 3. The predicted molar refractivity (Wildman–Crippen MR) is 64.2 cm³/mol. The first kappa shape index (κ1) is 13.4. The van der Waals surface area contributed by atoms with Crippen LogP contribution >= 0.6 is 0 Å². The summed E-state index contributed by atoms with van der Waals surface area (Å²) in [5, 5.41) is 8.68. The number of carboxylic acid groups (broad SMARTS) is 1. The maximum atomic E-state index is 13.4. The molecule has 102 valence electrons. The third-order valence-electron chi connectivity index (χ3n) is 3.02. The average molecular weight is 267 g/mol. The maximum absolute atomic E-state index is 13.4. The van der Waals surface area contributed by atoms with Gasteiger partial charge in [-0.1, -0.05) is 0 Å². The van der Waals surface area contributed by atoms with Crippen LogP contribution in [0.1, 0.15) is 10.4 Å². The zero-order valence-electron chi connectivity index (χ0n) is 10.3. The summed E-state index contributed by atoms with van der Waals surface area (Å²) in [5.41, 5.74) is 0.00156. The Balaban J connectivity index is 1.96. The second-order valence-electron chi connectivity index (χ2n) is 4.32. The molecule has 6 nitrogen and oxygen atoms in total. The Hall–Kier alpha value is -2.02. The largest absolute Gasteiger partial charge is 0.480 e. The summed E-state index contributed by atoms with van der Waals surface area (Å²) < 4.78 is 13.4. The summed E-state index contributed by atoms with van der Waals surface area (Å²) in [7, 11) is 0. The number of hydrogen-bond donors (Lipinski definition) is 1. The summed E-state index contributed by atoms with van der Waals surface area (Å²) >= 11 is 0. The molecule has 2 heterocycles. The number of aliphatic carboxylic acids is 1. The van der Waals surface area contributed by atoms with Crippen LogP contribution in [-0.4, -0.2) is 64.5 Å². The van der Waals surface area contributed by atoms with Crippen LogP contribution in [0.4, 0.5) is 4.39 Å². The van der Waals surface area contributed by atoms with Crippen LogP contribution in [0, 0.1) is 5.82 Å². The van der Waals surface area contributed by atoms with Crippen molar-refractivity contribution in [2.24, 2.45) is 0 Å². The molecule has 1 aromatic rings. The molecule has 1 amide bonds. The molecule has 1 aromatic heterocycles. The fourth-order valence-corrected chi connectivity index (χ4v) is 2.02. The molecule has 0 aliphatic carbocycles. The number of halogens is 1. The predicted octanol–water partition coefficient (Wildman–Crippen LogP) is 0.0631. The number of carbonyl (C=O) groups excluding carboxylic acids is 1. The number of hydrogen-bond acceptors (Lipinski definition) is 4. The molecule has 1 aliphatic heterocycles. The molecule has 1 fully saturated rings. The molecule has 2 rings (SSSR count). The van der Waals surface area contributed by atoms with Crippen molar-refractivity contribution in [3.8, 4) is 0 Å². The van der Waals surface area contributed by atoms with Gasteiger partial charge in [0.25, 0.3) is 5.91 Å². The fraction of sp³-hybridized carbons (Fsp3) is 0.417. The third kappa shape index (κ3) is 3.25. The van der Waals surface area contributed by atoms with E-state index in [9.17, 15) is 14.0 Å². The SMILES string of the molecule is O=C(O)CN1CCN(C(=O)c2ccncc2F)CC1. The minimum atomic E-state index is -0.889. The van der Waals surface area contributed by atoms with Crippen molar-refractivity contribution in [3.05, 3.63) is 29.8 Å². The van der Waals surface area contributed by atoms with Gasteiger partial charge < -0.3 is 10.0 Å². The Labute approximate surface area is 109 Å². The molecular formula is C12H14FN3O3. The summed E-state index contributed by atoms with van der Waals surface area (Å²) in [6, 6.07) is 1.35. The number of piperazine rings is 1. The van der Waals surface area contributed by atoms with Gasteiger partial charge in [-0.25, -0.2) is 4.39 Å². The molecule has 0 bridgehead atoms. The number of aromatic nitrogens is 1. The van der Waals surface area contributed by atoms with Crippen molar-refractivity contribution < 1.29 is 19.1 Å². The van der Waals surface area contributed by atoms with Crippen LogP contribution in [0.3, 0.4) is 0 Å². The molecule has 1 saturated heterocycles. The smallest absolute Gasteiger partial charge is 0.317 e. The summed E-state index contributed by atoms with van der Waals surface area (Å²) in [5.74, 6) is -1.91. The number of carbonyl (C=O) groups is 2. The van der Waals surface area contributed by atoms with E-state index in [1.54, 1.807) is 4.90 Å². The quantitative estimate of drug-likeness (QED) is 0.838. The van der Waals surface area contributed by atoms with E-state index < -0.39 is 11.8 Å². The highest BCUT2D eigenvalue weighted by Crippen LogP contribution is 2.11. The maximum Gasteiger partial charge on any atom is 0.317 e. The first-order valence-corrected chi connectivity index (χ1v) is 5.91. The van der Waals surface area contributed by atoms with E-state index >= 15 is 0 Å². The second-order valence-corrected chi connectivity index (χ2v) is 4.32. The van der Waals surface area contributed by atoms with Crippen molar-refractivity contribution in [1.82, 2.24) is 14.8 Å². The van der Waals surface area contributed by atoms with Crippen molar-refractivity contribution in [1.29, 1.82) is 0 Å². The van der Waals surface area contributed by atoms with Gasteiger partial charge in [-0.05, 0) is 6.07 Å². The lowest BCUT2D eigenvalue weighted by molar-refractivity contribution is -0.138. The van der Waals surface area contributed by atoms with Gasteiger partial charge in [-0.2, -0.15) is 0 Å². The van der Waals surface area contributed by atoms with E-state index in [0.29, 0.717) is 26.2 Å². The third-order valence-corrected chi connectivity index (χ3v) is 3.02. The van der Waals surface area contributed by atoms with Crippen LogP contribution in [0.2, 0.25) is 0 Å². The topological polar surface area (TPSA) is 73.7 Å². The Morgan fingerprint density at radius 2 is 2.00 bits per heavy atom. The van der Waals surface area contributed by atoms with Gasteiger partial charge >= 0.3 is 5.97 Å². The van der Waals surface area contributed by atoms with E-state index in [1.807, 2.05) is 0 Å². The van der Waals surface area contributed by atoms with Gasteiger partial charge in [0.15, 0.2) is 5.82 Å². The van der Waals surface area contributed by atoms with Gasteiger partial charge in [0.05, 0.1) is 18.3 Å². The van der Waals surface area contributed by atoms with Crippen molar-refractivity contribution in [2.75, 3.05) is 32.7 Å². The van der Waals surface area contributed by atoms with E-state index in [0.717, 1.165) is 6.20 Å². The van der Waals surface area contributed by atoms with Crippen molar-refractivity contribution >= 4 is 11.9 Å². The lowest BCUT2D eigenvalue weighted by atomic mass is 10.2. The molecule has 0 unspecified atom stereocenters. The minimum absolute atomic E-state index is 0.00156. The average Bonchev–Trinajstić information content (AvgIpc) is 2.39. The zero-order chi connectivity index (χ0) is 13.8. The highest BCUT2D eigenvalue weighted by atomic mass is 19.1. The highest BCUT2D eigenvalue weighted by molar-refractivity contribution is 5.94. The Kier molecular flexibility index (Phi) is 4.06. The second kappa shape index (κ2) is 5.75. The van der Waals surface area contributed by atoms with E-state index in [1.165, 1.54) is 17.2 Å². The fourth-order valence-electron chi connectivity index (χ4n) is 2.02. The van der Waals surface area contributed by atoms with Crippen LogP contribution in [0.5, 0.6) is 0 Å². The minimum Gasteiger partial charge on any atom is -0.480 e. The zero-order valence-corrected chi connectivity index (χ0v) is 10.3. The molecule has 19 heavy (non-hydrogen) atoms. The first-order valence-electron chi connectivity index (χ1n) is 5.91. The standard InChI is InChI=1S/C12H14FN3O3/c13-10-7-14-2-1-9(10)12(19)16-5-3-15(4-6-16)8-11(17)18/h1-2,7H,3-6,8H2,(H,17,18). The summed E-state index contributed by atoms with van der Waals surface area (Å²) in [4.78, 5) is 29.5. The molecule has 0 saturated carbocycles. The molecule has 1 N–H and O–H groups in total. The monoisotopic (exact) mass is 267 g/mol. The molecule has 0 spiro atoms.